The minimum Gasteiger partial charge on any atom is -0.377 e. The van der Waals surface area contributed by atoms with Crippen molar-refractivity contribution in [3.63, 3.8) is 0 Å². The Hall–Kier alpha value is -1.66. The predicted molar refractivity (Wildman–Crippen MR) is 90.6 cm³/mol. The molecule has 0 saturated heterocycles. The molecule has 0 radical (unpaired) electrons. The Labute approximate surface area is 135 Å². The highest BCUT2D eigenvalue weighted by Crippen LogP contribution is 2.32. The van der Waals surface area contributed by atoms with Gasteiger partial charge in [0.05, 0.1) is 9.83 Å². The lowest BCUT2D eigenvalue weighted by Gasteiger charge is -2.16. The second-order valence-electron chi connectivity index (χ2n) is 4.80. The fourth-order valence-electron chi connectivity index (χ4n) is 2.13. The van der Waals surface area contributed by atoms with Gasteiger partial charge in [-0.3, -0.25) is 5.10 Å². The fourth-order valence-corrected chi connectivity index (χ4v) is 3.56. The van der Waals surface area contributed by atoms with Crippen LogP contribution in [-0.4, -0.2) is 15.2 Å². The van der Waals surface area contributed by atoms with Crippen LogP contribution in [0.4, 0.5) is 5.69 Å². The van der Waals surface area contributed by atoms with E-state index in [9.17, 15) is 0 Å². The molecule has 1 unspecified atom stereocenters. The van der Waals surface area contributed by atoms with E-state index in [2.05, 4.69) is 61.6 Å². The monoisotopic (exact) mass is 362 g/mol. The highest BCUT2D eigenvalue weighted by Gasteiger charge is 2.13. The first-order chi connectivity index (χ1) is 10.1. The van der Waals surface area contributed by atoms with Crippen molar-refractivity contribution < 1.29 is 0 Å². The van der Waals surface area contributed by atoms with Crippen LogP contribution in [0.3, 0.4) is 0 Å². The van der Waals surface area contributed by atoms with Crippen molar-refractivity contribution in [3.05, 3.63) is 50.9 Å². The molecule has 0 aliphatic carbocycles. The number of halogens is 1. The highest BCUT2D eigenvalue weighted by atomic mass is 79.9. The SMILES string of the molecule is Cc1nc(-c2ccccc2NC(C)c2ccc(Br)s2)n[nH]1. The van der Waals surface area contributed by atoms with Gasteiger partial charge in [0.2, 0.25) is 0 Å². The fraction of sp³-hybridized carbons (Fsp3) is 0.200. The maximum absolute atomic E-state index is 4.41. The Morgan fingerprint density at radius 2 is 2.05 bits per heavy atom. The average molecular weight is 363 g/mol. The summed E-state index contributed by atoms with van der Waals surface area (Å²) in [5.74, 6) is 1.53. The van der Waals surface area contributed by atoms with Gasteiger partial charge in [-0.25, -0.2) is 4.98 Å². The lowest BCUT2D eigenvalue weighted by atomic mass is 10.1. The number of nitrogens with zero attached hydrogens (tertiary/aromatic N) is 2. The van der Waals surface area contributed by atoms with Crippen LogP contribution in [0.5, 0.6) is 0 Å². The van der Waals surface area contributed by atoms with Crippen LogP contribution in [0.25, 0.3) is 11.4 Å². The van der Waals surface area contributed by atoms with E-state index in [4.69, 9.17) is 0 Å². The highest BCUT2D eigenvalue weighted by molar-refractivity contribution is 9.11. The van der Waals surface area contributed by atoms with Crippen LogP contribution in [0.2, 0.25) is 0 Å². The van der Waals surface area contributed by atoms with Crippen LogP contribution >= 0.6 is 27.3 Å². The molecule has 0 amide bonds. The number of aryl methyl sites for hydroxylation is 1. The van der Waals surface area contributed by atoms with Crippen LogP contribution in [0.1, 0.15) is 23.7 Å². The second kappa shape index (κ2) is 5.99. The maximum Gasteiger partial charge on any atom is 0.183 e. The van der Waals surface area contributed by atoms with Gasteiger partial charge < -0.3 is 5.32 Å². The molecule has 1 aromatic carbocycles. The van der Waals surface area contributed by atoms with Crippen molar-refractivity contribution in [2.75, 3.05) is 5.32 Å². The zero-order chi connectivity index (χ0) is 14.8. The summed E-state index contributed by atoms with van der Waals surface area (Å²) >= 11 is 5.24. The van der Waals surface area contributed by atoms with Crippen LogP contribution in [0.15, 0.2) is 40.2 Å². The van der Waals surface area contributed by atoms with E-state index in [1.54, 1.807) is 11.3 Å². The Morgan fingerprint density at radius 3 is 2.71 bits per heavy atom. The van der Waals surface area contributed by atoms with Crippen molar-refractivity contribution in [2.45, 2.75) is 19.9 Å². The molecule has 3 aromatic rings. The zero-order valence-electron chi connectivity index (χ0n) is 11.7. The summed E-state index contributed by atoms with van der Waals surface area (Å²) in [5, 5.41) is 10.7. The number of nitrogens with one attached hydrogen (secondary N) is 2. The van der Waals surface area contributed by atoms with Gasteiger partial charge in [-0.05, 0) is 54.0 Å². The van der Waals surface area contributed by atoms with Gasteiger partial charge in [-0.15, -0.1) is 11.3 Å². The van der Waals surface area contributed by atoms with Gasteiger partial charge in [0.25, 0.3) is 0 Å². The number of aromatic amines is 1. The first-order valence-electron chi connectivity index (χ1n) is 6.63. The molecule has 2 heterocycles. The van der Waals surface area contributed by atoms with E-state index in [0.29, 0.717) is 0 Å². The first-order valence-corrected chi connectivity index (χ1v) is 8.24. The molecule has 2 aromatic heterocycles. The Morgan fingerprint density at radius 1 is 1.24 bits per heavy atom. The molecule has 0 fully saturated rings. The molecular formula is C15H15BrN4S. The number of H-pyrrole nitrogens is 1. The quantitative estimate of drug-likeness (QED) is 0.702. The summed E-state index contributed by atoms with van der Waals surface area (Å²) in [6.07, 6.45) is 0. The molecule has 2 N–H and O–H groups in total. The predicted octanol–water partition coefficient (Wildman–Crippen LogP) is 4.78. The largest absolute Gasteiger partial charge is 0.377 e. The van der Waals surface area contributed by atoms with Crippen molar-refractivity contribution in [1.29, 1.82) is 0 Å². The Balaban J connectivity index is 1.89. The lowest BCUT2D eigenvalue weighted by Crippen LogP contribution is -2.06. The van der Waals surface area contributed by atoms with Crippen LogP contribution in [-0.2, 0) is 0 Å². The van der Waals surface area contributed by atoms with Gasteiger partial charge in [0.15, 0.2) is 5.82 Å². The lowest BCUT2D eigenvalue weighted by molar-refractivity contribution is 0.908. The van der Waals surface area contributed by atoms with Gasteiger partial charge in [0.1, 0.15) is 5.82 Å². The molecule has 1 atom stereocenters. The van der Waals surface area contributed by atoms with Crippen molar-refractivity contribution in [1.82, 2.24) is 15.2 Å². The minimum atomic E-state index is 0.225. The molecule has 0 aliphatic heterocycles. The van der Waals surface area contributed by atoms with E-state index in [0.717, 1.165) is 26.7 Å². The number of hydrogen-bond donors (Lipinski definition) is 2. The molecule has 21 heavy (non-hydrogen) atoms. The number of benzene rings is 1. The smallest absolute Gasteiger partial charge is 0.183 e. The van der Waals surface area contributed by atoms with Crippen molar-refractivity contribution >= 4 is 33.0 Å². The molecule has 0 aliphatic rings. The van der Waals surface area contributed by atoms with E-state index in [1.807, 2.05) is 25.1 Å². The molecule has 108 valence electrons. The van der Waals surface area contributed by atoms with Crippen LogP contribution < -0.4 is 5.32 Å². The molecule has 0 saturated carbocycles. The van der Waals surface area contributed by atoms with E-state index < -0.39 is 0 Å². The number of hydrogen-bond acceptors (Lipinski definition) is 4. The molecule has 3 rings (SSSR count). The summed E-state index contributed by atoms with van der Waals surface area (Å²) in [6.45, 7) is 4.05. The van der Waals surface area contributed by atoms with Gasteiger partial charge in [0, 0.05) is 16.1 Å². The maximum atomic E-state index is 4.41. The topological polar surface area (TPSA) is 53.6 Å². The Bertz CT molecular complexity index is 749. The molecule has 4 nitrogen and oxygen atoms in total. The van der Waals surface area contributed by atoms with Crippen LogP contribution in [0, 0.1) is 6.92 Å². The summed E-state index contributed by atoms with van der Waals surface area (Å²) in [7, 11) is 0. The number of rotatable bonds is 4. The third-order valence-electron chi connectivity index (χ3n) is 3.16. The molecular weight excluding hydrogens is 348 g/mol. The summed E-state index contributed by atoms with van der Waals surface area (Å²) in [6, 6.07) is 12.5. The summed E-state index contributed by atoms with van der Waals surface area (Å²) in [4.78, 5) is 5.69. The number of thiophene rings is 1. The normalized spacial score (nSPS) is 12.3. The first kappa shape index (κ1) is 14.3. The molecule has 0 bridgehead atoms. The molecule has 6 heteroatoms. The summed E-state index contributed by atoms with van der Waals surface area (Å²) in [5.41, 5.74) is 2.04. The zero-order valence-corrected chi connectivity index (χ0v) is 14.1. The third kappa shape index (κ3) is 3.16. The molecule has 0 spiro atoms. The van der Waals surface area contributed by atoms with Gasteiger partial charge in [-0.1, -0.05) is 12.1 Å². The minimum absolute atomic E-state index is 0.225. The van der Waals surface area contributed by atoms with E-state index >= 15 is 0 Å². The van der Waals surface area contributed by atoms with E-state index in [1.165, 1.54) is 4.88 Å². The summed E-state index contributed by atoms with van der Waals surface area (Å²) < 4.78 is 1.14. The van der Waals surface area contributed by atoms with Crippen molar-refractivity contribution in [2.24, 2.45) is 0 Å². The average Bonchev–Trinajstić information content (AvgIpc) is 3.08. The van der Waals surface area contributed by atoms with Gasteiger partial charge in [-0.2, -0.15) is 5.10 Å². The van der Waals surface area contributed by atoms with Gasteiger partial charge >= 0.3 is 0 Å². The Kier molecular flexibility index (Phi) is 4.07. The standard InChI is InChI=1S/C15H15BrN4S/c1-9(13-7-8-14(16)21-13)17-12-6-4-3-5-11(12)15-18-10(2)19-20-15/h3-9,17H,1-2H3,(H,18,19,20). The number of para-hydroxylation sites is 1. The van der Waals surface area contributed by atoms with Crippen molar-refractivity contribution in [3.8, 4) is 11.4 Å². The van der Waals surface area contributed by atoms with E-state index in [-0.39, 0.29) is 6.04 Å². The number of aromatic nitrogens is 3. The number of anilines is 1. The third-order valence-corrected chi connectivity index (χ3v) is 4.96. The second-order valence-corrected chi connectivity index (χ2v) is 7.29.